The maximum Gasteiger partial charge on any atom is 0.323 e. The Morgan fingerprint density at radius 2 is 1.64 bits per heavy atom. The average Bonchev–Trinajstić information content (AvgIpc) is 3.08. The van der Waals surface area contributed by atoms with Gasteiger partial charge in [-0.2, -0.15) is 0 Å². The van der Waals surface area contributed by atoms with Crippen LogP contribution in [0.2, 0.25) is 0 Å². The number of anilines is 2. The Kier molecular flexibility index (Phi) is 11.0. The van der Waals surface area contributed by atoms with E-state index in [0.717, 1.165) is 17.1 Å². The van der Waals surface area contributed by atoms with Gasteiger partial charge in [0.25, 0.3) is 5.91 Å². The van der Waals surface area contributed by atoms with Crippen LogP contribution in [0.5, 0.6) is 23.0 Å². The van der Waals surface area contributed by atoms with E-state index in [0.29, 0.717) is 48.1 Å². The molecule has 0 spiro atoms. The summed E-state index contributed by atoms with van der Waals surface area (Å²) in [6, 6.07) is 28.9. The molecule has 0 aliphatic carbocycles. The Balaban J connectivity index is 1.34. The van der Waals surface area contributed by atoms with Crippen molar-refractivity contribution in [2.75, 3.05) is 44.5 Å². The first kappa shape index (κ1) is 33.3. The minimum atomic E-state index is -0.483. The molecule has 3 amide bonds. The first-order valence-electron chi connectivity index (χ1n) is 15.7. The van der Waals surface area contributed by atoms with Crippen molar-refractivity contribution < 1.29 is 28.9 Å². The maximum absolute atomic E-state index is 13.8. The van der Waals surface area contributed by atoms with E-state index in [1.54, 1.807) is 54.5 Å². The van der Waals surface area contributed by atoms with Crippen molar-refractivity contribution in [1.29, 1.82) is 0 Å². The number of methoxy groups -OCH3 is 1. The summed E-state index contributed by atoms with van der Waals surface area (Å²) in [5.74, 6) is 2.15. The van der Waals surface area contributed by atoms with Crippen LogP contribution in [0.1, 0.15) is 29.8 Å². The fourth-order valence-electron chi connectivity index (χ4n) is 5.49. The number of benzene rings is 4. The number of likely N-dealkylation sites (N-methyl/N-ethyl adjacent to an activating group) is 1. The number of hydrogen-bond donors (Lipinski definition) is 3. The van der Waals surface area contributed by atoms with Crippen LogP contribution in [0, 0.1) is 5.92 Å². The van der Waals surface area contributed by atoms with E-state index in [-0.39, 0.29) is 24.5 Å². The molecule has 246 valence electrons. The lowest BCUT2D eigenvalue weighted by atomic mass is 9.99. The zero-order chi connectivity index (χ0) is 33.3. The fraction of sp³-hybridized carbons (Fsp3) is 0.297. The monoisotopic (exact) mass is 638 g/mol. The number of aliphatic hydroxyl groups is 1. The zero-order valence-corrected chi connectivity index (χ0v) is 27.2. The first-order valence-corrected chi connectivity index (χ1v) is 15.7. The van der Waals surface area contributed by atoms with Gasteiger partial charge in [0.1, 0.15) is 23.4 Å². The van der Waals surface area contributed by atoms with Crippen molar-refractivity contribution in [3.8, 4) is 23.0 Å². The van der Waals surface area contributed by atoms with E-state index in [1.165, 1.54) is 0 Å². The molecular weight excluding hydrogens is 596 g/mol. The van der Waals surface area contributed by atoms with Crippen LogP contribution in [0.25, 0.3) is 0 Å². The molecule has 4 aromatic carbocycles. The number of fused-ring (bicyclic) bond motifs is 1. The summed E-state index contributed by atoms with van der Waals surface area (Å²) in [5, 5.41) is 15.7. The summed E-state index contributed by atoms with van der Waals surface area (Å²) in [7, 11) is 3.60. The Bertz CT molecular complexity index is 1630. The molecule has 0 unspecified atom stereocenters. The normalized spacial score (nSPS) is 16.7. The van der Waals surface area contributed by atoms with Gasteiger partial charge in [0.2, 0.25) is 0 Å². The van der Waals surface area contributed by atoms with Gasteiger partial charge in [0, 0.05) is 31.2 Å². The SMILES string of the molecule is COc1ccc(NC(=O)Nc2cccc3c2O[C@H](CN(C)Cc2ccc(Oc4ccccc4)cc2)[C@@H](C)CN([C@@H](C)CO)C3=O)cc1. The molecule has 0 aromatic heterocycles. The molecule has 1 heterocycles. The second-order valence-corrected chi connectivity index (χ2v) is 11.9. The number of urea groups is 1. The third-order valence-electron chi connectivity index (χ3n) is 8.13. The number of hydrogen-bond acceptors (Lipinski definition) is 7. The second kappa shape index (κ2) is 15.5. The summed E-state index contributed by atoms with van der Waals surface area (Å²) >= 11 is 0. The number of rotatable bonds is 11. The molecule has 47 heavy (non-hydrogen) atoms. The highest BCUT2D eigenvalue weighted by Gasteiger charge is 2.34. The number of amides is 3. The van der Waals surface area contributed by atoms with E-state index in [2.05, 4.69) is 15.5 Å². The lowest BCUT2D eigenvalue weighted by Gasteiger charge is -2.38. The van der Waals surface area contributed by atoms with E-state index >= 15 is 0 Å². The Morgan fingerprint density at radius 3 is 2.32 bits per heavy atom. The number of carbonyl (C=O) groups is 2. The summed E-state index contributed by atoms with van der Waals surface area (Å²) in [4.78, 5) is 30.7. The third kappa shape index (κ3) is 8.60. The Morgan fingerprint density at radius 1 is 0.957 bits per heavy atom. The van der Waals surface area contributed by atoms with Crippen molar-refractivity contribution in [2.45, 2.75) is 32.5 Å². The minimum absolute atomic E-state index is 0.0913. The first-order chi connectivity index (χ1) is 22.7. The Hall–Kier alpha value is -5.06. The standard InChI is InChI=1S/C37H42N4O6/c1-25-21-41(26(2)24-42)36(43)32-11-8-12-33(39-37(44)38-28-15-19-29(45-4)20-16-28)35(32)47-34(25)23-40(3)22-27-13-17-31(18-14-27)46-30-9-6-5-7-10-30/h5-20,25-26,34,42H,21-24H2,1-4H3,(H2,38,39,44)/t25-,26-,34+/m0/s1. The molecular formula is C37H42N4O6. The highest BCUT2D eigenvalue weighted by molar-refractivity contribution is 6.04. The highest BCUT2D eigenvalue weighted by Crippen LogP contribution is 2.35. The van der Waals surface area contributed by atoms with Crippen molar-refractivity contribution in [3.05, 3.63) is 108 Å². The molecule has 0 saturated heterocycles. The molecule has 0 saturated carbocycles. The predicted molar refractivity (Wildman–Crippen MR) is 183 cm³/mol. The quantitative estimate of drug-likeness (QED) is 0.172. The van der Waals surface area contributed by atoms with Gasteiger partial charge >= 0.3 is 6.03 Å². The molecule has 5 rings (SSSR count). The fourth-order valence-corrected chi connectivity index (χ4v) is 5.49. The van der Waals surface area contributed by atoms with E-state index in [1.807, 2.05) is 75.5 Å². The molecule has 3 atom stereocenters. The molecule has 0 fully saturated rings. The van der Waals surface area contributed by atoms with E-state index in [9.17, 15) is 14.7 Å². The molecule has 4 aromatic rings. The van der Waals surface area contributed by atoms with E-state index < -0.39 is 12.1 Å². The lowest BCUT2D eigenvalue weighted by molar-refractivity contribution is 0.0343. The van der Waals surface area contributed by atoms with Crippen LogP contribution in [-0.4, -0.2) is 72.8 Å². The summed E-state index contributed by atoms with van der Waals surface area (Å²) in [6.45, 7) is 5.29. The van der Waals surface area contributed by atoms with Crippen LogP contribution < -0.4 is 24.8 Å². The summed E-state index contributed by atoms with van der Waals surface area (Å²) < 4.78 is 17.8. The molecule has 1 aliphatic heterocycles. The number of nitrogens with zero attached hydrogens (tertiary/aromatic N) is 2. The number of carbonyl (C=O) groups excluding carboxylic acids is 2. The molecule has 0 radical (unpaired) electrons. The second-order valence-electron chi connectivity index (χ2n) is 11.9. The van der Waals surface area contributed by atoms with Gasteiger partial charge < -0.3 is 34.9 Å². The van der Waals surface area contributed by atoms with Gasteiger partial charge in [0.15, 0.2) is 5.75 Å². The molecule has 0 bridgehead atoms. The zero-order valence-electron chi connectivity index (χ0n) is 27.2. The molecule has 1 aliphatic rings. The number of nitrogens with one attached hydrogen (secondary N) is 2. The van der Waals surface area contributed by atoms with Crippen LogP contribution in [-0.2, 0) is 6.54 Å². The summed E-state index contributed by atoms with van der Waals surface area (Å²) in [6.07, 6.45) is -0.339. The minimum Gasteiger partial charge on any atom is -0.497 e. The van der Waals surface area contributed by atoms with Gasteiger partial charge in [-0.1, -0.05) is 43.3 Å². The Labute approximate surface area is 275 Å². The number of para-hydroxylation sites is 2. The van der Waals surface area contributed by atoms with Gasteiger partial charge in [-0.25, -0.2) is 4.79 Å². The summed E-state index contributed by atoms with van der Waals surface area (Å²) in [5.41, 5.74) is 2.38. The van der Waals surface area contributed by atoms with Crippen LogP contribution >= 0.6 is 0 Å². The maximum atomic E-state index is 13.8. The topological polar surface area (TPSA) is 113 Å². The van der Waals surface area contributed by atoms with Crippen molar-refractivity contribution in [1.82, 2.24) is 9.80 Å². The number of ether oxygens (including phenoxy) is 3. The van der Waals surface area contributed by atoms with Crippen LogP contribution in [0.15, 0.2) is 97.1 Å². The van der Waals surface area contributed by atoms with Crippen molar-refractivity contribution >= 4 is 23.3 Å². The third-order valence-corrected chi connectivity index (χ3v) is 8.13. The highest BCUT2D eigenvalue weighted by atomic mass is 16.5. The predicted octanol–water partition coefficient (Wildman–Crippen LogP) is 6.48. The number of aliphatic hydroxyl groups excluding tert-OH is 1. The average molecular weight is 639 g/mol. The van der Waals surface area contributed by atoms with Crippen molar-refractivity contribution in [3.63, 3.8) is 0 Å². The molecule has 10 heteroatoms. The lowest BCUT2D eigenvalue weighted by Crippen LogP contribution is -2.49. The molecule has 3 N–H and O–H groups in total. The van der Waals surface area contributed by atoms with Crippen LogP contribution in [0.4, 0.5) is 16.2 Å². The van der Waals surface area contributed by atoms with Crippen LogP contribution in [0.3, 0.4) is 0 Å². The smallest absolute Gasteiger partial charge is 0.323 e. The van der Waals surface area contributed by atoms with Crippen molar-refractivity contribution in [2.24, 2.45) is 5.92 Å². The van der Waals surface area contributed by atoms with E-state index in [4.69, 9.17) is 14.2 Å². The van der Waals surface area contributed by atoms with Gasteiger partial charge in [-0.3, -0.25) is 9.69 Å². The van der Waals surface area contributed by atoms with Gasteiger partial charge in [0.05, 0.1) is 31.0 Å². The van der Waals surface area contributed by atoms with Gasteiger partial charge in [-0.15, -0.1) is 0 Å². The van der Waals surface area contributed by atoms with Gasteiger partial charge in [-0.05, 0) is 80.2 Å². The molecule has 10 nitrogen and oxygen atoms in total. The largest absolute Gasteiger partial charge is 0.497 e.